The second-order valence-electron chi connectivity index (χ2n) is 9.15. The van der Waals surface area contributed by atoms with Gasteiger partial charge < -0.3 is 10.2 Å². The molecule has 1 aliphatic rings. The Morgan fingerprint density at radius 2 is 1.73 bits per heavy atom. The number of hydrogen-bond acceptors (Lipinski definition) is 4. The van der Waals surface area contributed by atoms with Gasteiger partial charge in [-0.1, -0.05) is 39.0 Å². The highest BCUT2D eigenvalue weighted by Crippen LogP contribution is 2.25. The molecule has 1 heterocycles. The van der Waals surface area contributed by atoms with Crippen molar-refractivity contribution >= 4 is 27.5 Å². The molecule has 1 aliphatic heterocycles. The average molecular weight is 470 g/mol. The van der Waals surface area contributed by atoms with Crippen LogP contribution in [-0.2, 0) is 20.2 Å². The summed E-state index contributed by atoms with van der Waals surface area (Å²) in [4.78, 5) is 27.0. The molecular formula is C25H31N3O4S. The average Bonchev–Trinajstić information content (AvgIpc) is 3.27. The van der Waals surface area contributed by atoms with Crippen LogP contribution in [0, 0.1) is 0 Å². The standard InChI is InChI=1S/C25H31N3O4S/c1-5-16-26-23(29)22-7-6-17-28(22)24(30)18-8-12-20(13-9-18)27-33(31,32)21-14-10-19(11-15-21)25(2,3)4/h5,8-15,22,27H,1,6-7,16-17H2,2-4H3,(H,26,29)/t22-/m0/s1. The van der Waals surface area contributed by atoms with Crippen LogP contribution < -0.4 is 10.0 Å². The predicted molar refractivity (Wildman–Crippen MR) is 130 cm³/mol. The highest BCUT2D eigenvalue weighted by Gasteiger charge is 2.34. The van der Waals surface area contributed by atoms with Crippen LogP contribution >= 0.6 is 0 Å². The van der Waals surface area contributed by atoms with Gasteiger partial charge in [-0.25, -0.2) is 8.42 Å². The number of anilines is 1. The maximum Gasteiger partial charge on any atom is 0.261 e. The van der Waals surface area contributed by atoms with Crippen molar-refractivity contribution in [3.63, 3.8) is 0 Å². The Bertz CT molecular complexity index is 1120. The molecule has 0 bridgehead atoms. The number of rotatable bonds is 7. The first-order valence-electron chi connectivity index (χ1n) is 11.0. The third-order valence-electron chi connectivity index (χ3n) is 5.65. The van der Waals surface area contributed by atoms with Gasteiger partial charge in [0.2, 0.25) is 5.91 Å². The van der Waals surface area contributed by atoms with Gasteiger partial charge in [0.1, 0.15) is 6.04 Å². The fourth-order valence-corrected chi connectivity index (χ4v) is 4.83. The summed E-state index contributed by atoms with van der Waals surface area (Å²) in [6.07, 6.45) is 2.96. The summed E-state index contributed by atoms with van der Waals surface area (Å²) < 4.78 is 28.1. The summed E-state index contributed by atoms with van der Waals surface area (Å²) in [6, 6.07) is 12.5. The Labute approximate surface area is 195 Å². The number of amides is 2. The van der Waals surface area contributed by atoms with Crippen molar-refractivity contribution < 1.29 is 18.0 Å². The maximum absolute atomic E-state index is 13.0. The molecule has 0 aliphatic carbocycles. The lowest BCUT2D eigenvalue weighted by atomic mass is 9.87. The summed E-state index contributed by atoms with van der Waals surface area (Å²) in [5.74, 6) is -0.443. The van der Waals surface area contributed by atoms with Crippen molar-refractivity contribution in [1.82, 2.24) is 10.2 Å². The van der Waals surface area contributed by atoms with E-state index in [0.29, 0.717) is 30.8 Å². The van der Waals surface area contributed by atoms with Crippen molar-refractivity contribution in [3.8, 4) is 0 Å². The quantitative estimate of drug-likeness (QED) is 0.605. The van der Waals surface area contributed by atoms with Crippen LogP contribution in [0.2, 0.25) is 0 Å². The van der Waals surface area contributed by atoms with Crippen LogP contribution in [0.25, 0.3) is 0 Å². The second-order valence-corrected chi connectivity index (χ2v) is 10.8. The third-order valence-corrected chi connectivity index (χ3v) is 7.05. The van der Waals surface area contributed by atoms with E-state index < -0.39 is 16.1 Å². The van der Waals surface area contributed by atoms with Crippen LogP contribution in [0.1, 0.15) is 49.5 Å². The molecule has 2 N–H and O–H groups in total. The SMILES string of the molecule is C=CCNC(=O)[C@@H]1CCCN1C(=O)c1ccc(NS(=O)(=O)c2ccc(C(C)(C)C)cc2)cc1. The number of nitrogens with one attached hydrogen (secondary N) is 2. The van der Waals surface area contributed by atoms with E-state index in [-0.39, 0.29) is 22.1 Å². The monoisotopic (exact) mass is 469 g/mol. The van der Waals surface area contributed by atoms with E-state index >= 15 is 0 Å². The van der Waals surface area contributed by atoms with Crippen molar-refractivity contribution in [2.45, 2.75) is 50.0 Å². The molecule has 33 heavy (non-hydrogen) atoms. The highest BCUT2D eigenvalue weighted by molar-refractivity contribution is 7.92. The molecule has 0 saturated carbocycles. The molecule has 3 rings (SSSR count). The lowest BCUT2D eigenvalue weighted by Gasteiger charge is -2.24. The molecule has 7 nitrogen and oxygen atoms in total. The number of hydrogen-bond donors (Lipinski definition) is 2. The number of nitrogens with zero attached hydrogens (tertiary/aromatic N) is 1. The Kier molecular flexibility index (Phi) is 7.27. The Morgan fingerprint density at radius 3 is 2.30 bits per heavy atom. The number of benzene rings is 2. The molecule has 0 radical (unpaired) electrons. The summed E-state index contributed by atoms with van der Waals surface area (Å²) in [7, 11) is -3.76. The summed E-state index contributed by atoms with van der Waals surface area (Å²) in [6.45, 7) is 10.6. The minimum absolute atomic E-state index is 0.0707. The molecule has 1 saturated heterocycles. The normalized spacial score (nSPS) is 16.3. The van der Waals surface area contributed by atoms with Crippen molar-refractivity contribution in [3.05, 3.63) is 72.3 Å². The van der Waals surface area contributed by atoms with Gasteiger partial charge in [-0.15, -0.1) is 6.58 Å². The lowest BCUT2D eigenvalue weighted by Crippen LogP contribution is -2.46. The molecule has 8 heteroatoms. The first-order valence-corrected chi connectivity index (χ1v) is 12.4. The first kappa shape index (κ1) is 24.5. The van der Waals surface area contributed by atoms with Crippen molar-refractivity contribution in [2.24, 2.45) is 0 Å². The van der Waals surface area contributed by atoms with E-state index in [4.69, 9.17) is 0 Å². The van der Waals surface area contributed by atoms with Gasteiger partial charge >= 0.3 is 0 Å². The van der Waals surface area contributed by atoms with Gasteiger partial charge in [-0.05, 0) is 60.2 Å². The molecule has 2 aromatic carbocycles. The minimum atomic E-state index is -3.76. The largest absolute Gasteiger partial charge is 0.351 e. The molecule has 0 aromatic heterocycles. The molecule has 0 unspecified atom stereocenters. The van der Waals surface area contributed by atoms with Crippen LogP contribution in [-0.4, -0.2) is 44.3 Å². The van der Waals surface area contributed by atoms with E-state index in [2.05, 4.69) is 37.4 Å². The fraction of sp³-hybridized carbons (Fsp3) is 0.360. The maximum atomic E-state index is 13.0. The predicted octanol–water partition coefficient (Wildman–Crippen LogP) is 3.69. The molecule has 1 atom stereocenters. The van der Waals surface area contributed by atoms with Crippen molar-refractivity contribution in [1.29, 1.82) is 0 Å². The topological polar surface area (TPSA) is 95.6 Å². The molecular weight excluding hydrogens is 438 g/mol. The third kappa shape index (κ3) is 5.82. The lowest BCUT2D eigenvalue weighted by molar-refractivity contribution is -0.124. The smallest absolute Gasteiger partial charge is 0.261 e. The summed E-state index contributed by atoms with van der Waals surface area (Å²) in [5, 5.41) is 2.74. The molecule has 1 fully saturated rings. The summed E-state index contributed by atoms with van der Waals surface area (Å²) in [5.41, 5.74) is 1.73. The Morgan fingerprint density at radius 1 is 1.09 bits per heavy atom. The van der Waals surface area contributed by atoms with Crippen LogP contribution in [0.15, 0.2) is 66.1 Å². The number of likely N-dealkylation sites (tertiary alicyclic amines) is 1. The van der Waals surface area contributed by atoms with E-state index in [0.717, 1.165) is 12.0 Å². The van der Waals surface area contributed by atoms with Gasteiger partial charge in [0.25, 0.3) is 15.9 Å². The van der Waals surface area contributed by atoms with Gasteiger partial charge in [0.15, 0.2) is 0 Å². The number of sulfonamides is 1. The zero-order valence-electron chi connectivity index (χ0n) is 19.3. The fourth-order valence-electron chi connectivity index (χ4n) is 3.77. The Balaban J connectivity index is 1.70. The Hall–Kier alpha value is -3.13. The van der Waals surface area contributed by atoms with Gasteiger partial charge in [-0.2, -0.15) is 0 Å². The molecule has 2 aromatic rings. The van der Waals surface area contributed by atoms with E-state index in [9.17, 15) is 18.0 Å². The zero-order chi connectivity index (χ0) is 24.2. The van der Waals surface area contributed by atoms with Gasteiger partial charge in [-0.3, -0.25) is 14.3 Å². The van der Waals surface area contributed by atoms with Crippen LogP contribution in [0.3, 0.4) is 0 Å². The minimum Gasteiger partial charge on any atom is -0.351 e. The zero-order valence-corrected chi connectivity index (χ0v) is 20.1. The summed E-state index contributed by atoms with van der Waals surface area (Å²) >= 11 is 0. The number of carbonyl (C=O) groups is 2. The van der Waals surface area contributed by atoms with Crippen LogP contribution in [0.4, 0.5) is 5.69 Å². The second kappa shape index (κ2) is 9.79. The molecule has 176 valence electrons. The van der Waals surface area contributed by atoms with E-state index in [1.165, 1.54) is 0 Å². The molecule has 2 amide bonds. The van der Waals surface area contributed by atoms with E-state index in [1.807, 2.05) is 12.1 Å². The van der Waals surface area contributed by atoms with Crippen LogP contribution in [0.5, 0.6) is 0 Å². The number of carbonyl (C=O) groups excluding carboxylic acids is 2. The van der Waals surface area contributed by atoms with E-state index in [1.54, 1.807) is 47.4 Å². The van der Waals surface area contributed by atoms with Gasteiger partial charge in [0, 0.05) is 24.3 Å². The highest BCUT2D eigenvalue weighted by atomic mass is 32.2. The molecule has 0 spiro atoms. The first-order chi connectivity index (χ1) is 15.5. The van der Waals surface area contributed by atoms with Gasteiger partial charge in [0.05, 0.1) is 4.90 Å². The van der Waals surface area contributed by atoms with Crippen molar-refractivity contribution in [2.75, 3.05) is 17.8 Å².